The minimum atomic E-state index is -0.984. The number of anilines is 1. The number of rotatable bonds is 7. The first-order valence-corrected chi connectivity index (χ1v) is 8.81. The summed E-state index contributed by atoms with van der Waals surface area (Å²) in [6.07, 6.45) is -1.07. The first-order chi connectivity index (χ1) is 12.8. The maximum absolute atomic E-state index is 12.2. The van der Waals surface area contributed by atoms with Crippen LogP contribution in [0.1, 0.15) is 31.9 Å². The minimum Gasteiger partial charge on any atom is -0.452 e. The molecule has 0 unspecified atom stereocenters. The molecule has 2 N–H and O–H groups in total. The number of hydrogen-bond donors (Lipinski definition) is 2. The van der Waals surface area contributed by atoms with Crippen LogP contribution in [0, 0.1) is 0 Å². The Morgan fingerprint density at radius 1 is 1.04 bits per heavy atom. The highest BCUT2D eigenvalue weighted by atomic mass is 35.5. The van der Waals surface area contributed by atoms with E-state index in [9.17, 15) is 14.4 Å². The lowest BCUT2D eigenvalue weighted by Crippen LogP contribution is -2.33. The Labute approximate surface area is 162 Å². The van der Waals surface area contributed by atoms with Gasteiger partial charge >= 0.3 is 5.97 Å². The second-order valence-corrected chi connectivity index (χ2v) is 6.43. The predicted molar refractivity (Wildman–Crippen MR) is 103 cm³/mol. The second-order valence-electron chi connectivity index (χ2n) is 6.00. The van der Waals surface area contributed by atoms with Gasteiger partial charge in [0.2, 0.25) is 5.91 Å². The van der Waals surface area contributed by atoms with Crippen LogP contribution in [-0.2, 0) is 19.1 Å². The van der Waals surface area contributed by atoms with Gasteiger partial charge in [0, 0.05) is 17.6 Å². The van der Waals surface area contributed by atoms with Gasteiger partial charge in [-0.3, -0.25) is 14.4 Å². The molecule has 2 aromatic rings. The fourth-order valence-electron chi connectivity index (χ4n) is 2.43. The lowest BCUT2D eigenvalue weighted by molar-refractivity contribution is -0.153. The largest absolute Gasteiger partial charge is 0.452 e. The predicted octanol–water partition coefficient (Wildman–Crippen LogP) is 3.48. The summed E-state index contributed by atoms with van der Waals surface area (Å²) < 4.78 is 5.21. The maximum atomic E-state index is 12.2. The van der Waals surface area contributed by atoms with Crippen LogP contribution < -0.4 is 10.6 Å². The van der Waals surface area contributed by atoms with Gasteiger partial charge in [-0.1, -0.05) is 41.9 Å². The van der Waals surface area contributed by atoms with Crippen molar-refractivity contribution in [2.45, 2.75) is 32.4 Å². The molecule has 0 fully saturated rings. The SMILES string of the molecule is CC(=O)N[C@H](CC(=O)O[C@@H](C)C(=O)Nc1ccc(Cl)cc1)c1ccccc1. The molecule has 0 saturated carbocycles. The number of amides is 2. The third kappa shape index (κ3) is 6.75. The van der Waals surface area contributed by atoms with Crippen molar-refractivity contribution in [3.63, 3.8) is 0 Å². The van der Waals surface area contributed by atoms with E-state index in [-0.39, 0.29) is 12.3 Å². The zero-order valence-electron chi connectivity index (χ0n) is 15.1. The molecule has 142 valence electrons. The summed E-state index contributed by atoms with van der Waals surface area (Å²) in [4.78, 5) is 35.9. The molecule has 0 saturated heterocycles. The summed E-state index contributed by atoms with van der Waals surface area (Å²) in [6.45, 7) is 2.86. The molecular weight excluding hydrogens is 368 g/mol. The first-order valence-electron chi connectivity index (χ1n) is 8.43. The first kappa shape index (κ1) is 20.5. The quantitative estimate of drug-likeness (QED) is 0.711. The molecule has 2 atom stereocenters. The van der Waals surface area contributed by atoms with Gasteiger partial charge in [0.25, 0.3) is 5.91 Å². The van der Waals surface area contributed by atoms with Crippen LogP contribution in [0.15, 0.2) is 54.6 Å². The monoisotopic (exact) mass is 388 g/mol. The highest BCUT2D eigenvalue weighted by Crippen LogP contribution is 2.18. The molecule has 0 spiro atoms. The third-order valence-corrected chi connectivity index (χ3v) is 3.99. The molecule has 0 aromatic heterocycles. The van der Waals surface area contributed by atoms with Crippen LogP contribution in [0.2, 0.25) is 5.02 Å². The van der Waals surface area contributed by atoms with Crippen LogP contribution in [0.3, 0.4) is 0 Å². The zero-order chi connectivity index (χ0) is 19.8. The summed E-state index contributed by atoms with van der Waals surface area (Å²) in [7, 11) is 0. The minimum absolute atomic E-state index is 0.0812. The lowest BCUT2D eigenvalue weighted by atomic mass is 10.0. The standard InChI is InChI=1S/C20H21ClN2O4/c1-13(20(26)23-17-10-8-16(21)9-11-17)27-19(25)12-18(22-14(2)24)15-6-4-3-5-7-15/h3-11,13,18H,12H2,1-2H3,(H,22,24)(H,23,26)/t13-,18+/m0/s1. The number of benzene rings is 2. The van der Waals surface area contributed by atoms with Gasteiger partial charge in [0.1, 0.15) is 0 Å². The summed E-state index contributed by atoms with van der Waals surface area (Å²) in [5.41, 5.74) is 1.33. The number of nitrogens with one attached hydrogen (secondary N) is 2. The zero-order valence-corrected chi connectivity index (χ0v) is 15.8. The molecule has 0 aliphatic carbocycles. The molecule has 7 heteroatoms. The van der Waals surface area contributed by atoms with E-state index < -0.39 is 24.0 Å². The van der Waals surface area contributed by atoms with Crippen molar-refractivity contribution in [2.24, 2.45) is 0 Å². The third-order valence-electron chi connectivity index (χ3n) is 3.74. The molecule has 0 aliphatic heterocycles. The van der Waals surface area contributed by atoms with E-state index in [1.165, 1.54) is 13.8 Å². The van der Waals surface area contributed by atoms with Crippen molar-refractivity contribution in [3.05, 3.63) is 65.2 Å². The van der Waals surface area contributed by atoms with Crippen molar-refractivity contribution in [1.29, 1.82) is 0 Å². The van der Waals surface area contributed by atoms with Gasteiger partial charge in [-0.25, -0.2) is 0 Å². The number of halogens is 1. The Hall–Kier alpha value is -2.86. The van der Waals surface area contributed by atoms with E-state index in [2.05, 4.69) is 10.6 Å². The van der Waals surface area contributed by atoms with E-state index in [0.29, 0.717) is 10.7 Å². The maximum Gasteiger partial charge on any atom is 0.309 e. The summed E-state index contributed by atoms with van der Waals surface area (Å²) >= 11 is 5.80. The summed E-state index contributed by atoms with van der Waals surface area (Å²) in [5.74, 6) is -1.30. The van der Waals surface area contributed by atoms with Crippen molar-refractivity contribution >= 4 is 35.1 Å². The highest BCUT2D eigenvalue weighted by molar-refractivity contribution is 6.30. The molecule has 2 rings (SSSR count). The van der Waals surface area contributed by atoms with Gasteiger partial charge < -0.3 is 15.4 Å². The molecule has 2 amide bonds. The molecule has 0 heterocycles. The Morgan fingerprint density at radius 2 is 1.67 bits per heavy atom. The van der Waals surface area contributed by atoms with Crippen LogP contribution in [0.5, 0.6) is 0 Å². The normalized spacial score (nSPS) is 12.6. The van der Waals surface area contributed by atoms with E-state index in [1.807, 2.05) is 30.3 Å². The summed E-state index contributed by atoms with van der Waals surface area (Å²) in [6, 6.07) is 15.2. The van der Waals surface area contributed by atoms with Gasteiger partial charge in [-0.2, -0.15) is 0 Å². The van der Waals surface area contributed by atoms with Gasteiger partial charge in [0.05, 0.1) is 12.5 Å². The van der Waals surface area contributed by atoms with Gasteiger partial charge in [-0.15, -0.1) is 0 Å². The Balaban J connectivity index is 1.94. The Kier molecular flexibility index (Phi) is 7.37. The topological polar surface area (TPSA) is 84.5 Å². The Morgan fingerprint density at radius 3 is 2.26 bits per heavy atom. The van der Waals surface area contributed by atoms with Crippen molar-refractivity contribution in [1.82, 2.24) is 5.32 Å². The number of ether oxygens (including phenoxy) is 1. The summed E-state index contributed by atoms with van der Waals surface area (Å²) in [5, 5.41) is 5.92. The van der Waals surface area contributed by atoms with E-state index >= 15 is 0 Å². The molecular formula is C20H21ClN2O4. The fraction of sp³-hybridized carbons (Fsp3) is 0.250. The smallest absolute Gasteiger partial charge is 0.309 e. The number of hydrogen-bond acceptors (Lipinski definition) is 4. The van der Waals surface area contributed by atoms with Crippen LogP contribution >= 0.6 is 11.6 Å². The van der Waals surface area contributed by atoms with E-state index in [1.54, 1.807) is 24.3 Å². The average molecular weight is 389 g/mol. The van der Waals surface area contributed by atoms with Gasteiger partial charge in [-0.05, 0) is 36.8 Å². The van der Waals surface area contributed by atoms with E-state index in [0.717, 1.165) is 5.56 Å². The highest BCUT2D eigenvalue weighted by Gasteiger charge is 2.22. The van der Waals surface area contributed by atoms with Crippen LogP contribution in [-0.4, -0.2) is 23.9 Å². The molecule has 27 heavy (non-hydrogen) atoms. The molecule has 0 radical (unpaired) electrons. The van der Waals surface area contributed by atoms with Crippen LogP contribution in [0.25, 0.3) is 0 Å². The van der Waals surface area contributed by atoms with Crippen LogP contribution in [0.4, 0.5) is 5.69 Å². The van der Waals surface area contributed by atoms with Crippen molar-refractivity contribution in [2.75, 3.05) is 5.32 Å². The molecule has 0 bridgehead atoms. The van der Waals surface area contributed by atoms with E-state index in [4.69, 9.17) is 16.3 Å². The average Bonchev–Trinajstić information content (AvgIpc) is 2.63. The number of carbonyl (C=O) groups is 3. The van der Waals surface area contributed by atoms with Crippen molar-refractivity contribution in [3.8, 4) is 0 Å². The Bertz CT molecular complexity index is 793. The second kappa shape index (κ2) is 9.73. The molecule has 0 aliphatic rings. The molecule has 2 aromatic carbocycles. The number of carbonyl (C=O) groups excluding carboxylic acids is 3. The number of esters is 1. The lowest BCUT2D eigenvalue weighted by Gasteiger charge is -2.19. The fourth-order valence-corrected chi connectivity index (χ4v) is 2.55. The molecule has 6 nitrogen and oxygen atoms in total. The van der Waals surface area contributed by atoms with Gasteiger partial charge in [0.15, 0.2) is 6.10 Å². The van der Waals surface area contributed by atoms with Crippen molar-refractivity contribution < 1.29 is 19.1 Å².